The SMILES string of the molecule is CC(=O)O[C@@H]1[C@@H](OC(C)=O)[C@H](Oc2cn(C(C)=O)c3cc(Br)c(O)c(Br)c23)O[C@H](CO)[C@H]1OC(C)=O. The molecule has 1 aliphatic rings. The van der Waals surface area contributed by atoms with Crippen molar-refractivity contribution in [1.29, 1.82) is 0 Å². The number of esters is 3. The first-order chi connectivity index (χ1) is 16.8. The first kappa shape index (κ1) is 27.9. The summed E-state index contributed by atoms with van der Waals surface area (Å²) in [5, 5.41) is 20.6. The summed E-state index contributed by atoms with van der Waals surface area (Å²) in [4.78, 5) is 47.8. The number of phenols is 1. The van der Waals surface area contributed by atoms with Gasteiger partial charge in [-0.3, -0.25) is 23.7 Å². The lowest BCUT2D eigenvalue weighted by molar-refractivity contribution is -0.287. The van der Waals surface area contributed by atoms with Gasteiger partial charge in [-0.05, 0) is 37.9 Å². The van der Waals surface area contributed by atoms with Crippen LogP contribution >= 0.6 is 31.9 Å². The minimum atomic E-state index is -1.49. The summed E-state index contributed by atoms with van der Waals surface area (Å²) in [7, 11) is 0. The van der Waals surface area contributed by atoms with E-state index in [-0.39, 0.29) is 27.3 Å². The number of aliphatic hydroxyl groups excluding tert-OH is 1. The van der Waals surface area contributed by atoms with Crippen LogP contribution in [0.25, 0.3) is 10.9 Å². The van der Waals surface area contributed by atoms with E-state index in [0.717, 1.165) is 20.8 Å². The van der Waals surface area contributed by atoms with Crippen LogP contribution in [-0.4, -0.2) is 75.9 Å². The van der Waals surface area contributed by atoms with Crippen LogP contribution < -0.4 is 4.74 Å². The maximum absolute atomic E-state index is 12.3. The molecule has 0 radical (unpaired) electrons. The van der Waals surface area contributed by atoms with E-state index in [1.807, 2.05) is 0 Å². The maximum Gasteiger partial charge on any atom is 0.303 e. The van der Waals surface area contributed by atoms with Crippen molar-refractivity contribution in [3.8, 4) is 11.5 Å². The topological polar surface area (TPSA) is 160 Å². The van der Waals surface area contributed by atoms with Gasteiger partial charge in [-0.15, -0.1) is 0 Å². The molecule has 0 aliphatic carbocycles. The van der Waals surface area contributed by atoms with Gasteiger partial charge in [0.1, 0.15) is 17.6 Å². The van der Waals surface area contributed by atoms with E-state index in [0.29, 0.717) is 9.99 Å². The number of hydrogen-bond acceptors (Lipinski definition) is 11. The number of benzene rings is 1. The summed E-state index contributed by atoms with van der Waals surface area (Å²) < 4.78 is 29.5. The fourth-order valence-electron chi connectivity index (χ4n) is 3.84. The number of nitrogens with zero attached hydrogens (tertiary/aromatic N) is 1. The average molecular weight is 637 g/mol. The van der Waals surface area contributed by atoms with E-state index in [4.69, 9.17) is 23.7 Å². The summed E-state index contributed by atoms with van der Waals surface area (Å²) >= 11 is 6.52. The highest BCUT2D eigenvalue weighted by atomic mass is 79.9. The van der Waals surface area contributed by atoms with E-state index < -0.39 is 55.2 Å². The highest BCUT2D eigenvalue weighted by molar-refractivity contribution is 9.11. The number of aliphatic hydroxyl groups is 1. The lowest BCUT2D eigenvalue weighted by Gasteiger charge is -2.43. The molecule has 2 N–H and O–H groups in total. The summed E-state index contributed by atoms with van der Waals surface area (Å²) in [6, 6.07) is 1.50. The Morgan fingerprint density at radius 1 is 0.972 bits per heavy atom. The van der Waals surface area contributed by atoms with Gasteiger partial charge in [0.2, 0.25) is 18.3 Å². The zero-order valence-corrected chi connectivity index (χ0v) is 22.7. The number of rotatable bonds is 6. The molecule has 1 aliphatic heterocycles. The van der Waals surface area contributed by atoms with Crippen molar-refractivity contribution in [2.45, 2.75) is 58.4 Å². The standard InChI is InChI=1S/C22H23Br2NO11/c1-8(27)25-6-14(16-13(25)5-12(23)18(31)17(16)24)35-22-21(34-11(4)30)20(33-10(3)29)19(32-9(2)28)15(7-26)36-22/h5-6,15,19-22,26,31H,7H2,1-4H3/t15-,19-,20+,21-,22-/m1/s1. The number of aromatic nitrogens is 1. The Morgan fingerprint density at radius 3 is 2.06 bits per heavy atom. The minimum Gasteiger partial charge on any atom is -0.506 e. The first-order valence-electron chi connectivity index (χ1n) is 10.5. The predicted molar refractivity (Wildman–Crippen MR) is 128 cm³/mol. The molecule has 5 atom stereocenters. The summed E-state index contributed by atoms with van der Waals surface area (Å²) in [5.41, 5.74) is 0.363. The molecule has 1 aromatic heterocycles. The van der Waals surface area contributed by atoms with Crippen LogP contribution in [-0.2, 0) is 33.3 Å². The first-order valence-corrected chi connectivity index (χ1v) is 12.1. The van der Waals surface area contributed by atoms with Gasteiger partial charge < -0.3 is 33.9 Å². The molecule has 14 heteroatoms. The molecule has 0 bridgehead atoms. The van der Waals surface area contributed by atoms with Crippen molar-refractivity contribution >= 4 is 66.6 Å². The zero-order chi connectivity index (χ0) is 26.9. The second kappa shape index (κ2) is 11.2. The molecule has 1 saturated heterocycles. The van der Waals surface area contributed by atoms with Crippen molar-refractivity contribution in [1.82, 2.24) is 4.57 Å². The van der Waals surface area contributed by atoms with Gasteiger partial charge in [0.25, 0.3) is 0 Å². The van der Waals surface area contributed by atoms with Crippen molar-refractivity contribution in [3.05, 3.63) is 21.2 Å². The number of halogens is 2. The molecule has 196 valence electrons. The third-order valence-electron chi connectivity index (χ3n) is 5.19. The molecule has 0 amide bonds. The molecule has 1 fully saturated rings. The molecule has 36 heavy (non-hydrogen) atoms. The third kappa shape index (κ3) is 5.66. The van der Waals surface area contributed by atoms with Crippen molar-refractivity contribution < 1.29 is 53.1 Å². The second-order valence-corrected chi connectivity index (χ2v) is 9.51. The maximum atomic E-state index is 12.3. The van der Waals surface area contributed by atoms with Crippen LogP contribution in [0.2, 0.25) is 0 Å². The monoisotopic (exact) mass is 635 g/mol. The van der Waals surface area contributed by atoms with E-state index in [9.17, 15) is 29.4 Å². The van der Waals surface area contributed by atoms with E-state index in [1.165, 1.54) is 23.8 Å². The van der Waals surface area contributed by atoms with Gasteiger partial charge in [-0.25, -0.2) is 0 Å². The molecule has 0 saturated carbocycles. The summed E-state index contributed by atoms with van der Waals surface area (Å²) in [6.07, 6.45) is -5.57. The van der Waals surface area contributed by atoms with E-state index >= 15 is 0 Å². The van der Waals surface area contributed by atoms with Crippen LogP contribution in [0.5, 0.6) is 11.5 Å². The Morgan fingerprint density at radius 2 is 1.53 bits per heavy atom. The van der Waals surface area contributed by atoms with Crippen molar-refractivity contribution in [2.24, 2.45) is 0 Å². The number of hydrogen-bond donors (Lipinski definition) is 2. The van der Waals surface area contributed by atoms with Gasteiger partial charge in [0.15, 0.2) is 12.2 Å². The Bertz CT molecular complexity index is 1210. The van der Waals surface area contributed by atoms with Crippen LogP contribution in [0.4, 0.5) is 0 Å². The molecule has 2 aromatic rings. The Hall–Kier alpha value is -2.68. The highest BCUT2D eigenvalue weighted by Crippen LogP contribution is 2.44. The zero-order valence-electron chi connectivity index (χ0n) is 19.5. The lowest BCUT2D eigenvalue weighted by Crippen LogP contribution is -2.63. The van der Waals surface area contributed by atoms with Crippen LogP contribution in [0.1, 0.15) is 32.5 Å². The number of carbonyl (C=O) groups is 4. The Kier molecular flexibility index (Phi) is 8.64. The predicted octanol–water partition coefficient (Wildman–Crippen LogP) is 2.42. The van der Waals surface area contributed by atoms with Crippen molar-refractivity contribution in [3.63, 3.8) is 0 Å². The normalized spacial score (nSPS) is 23.7. The highest BCUT2D eigenvalue weighted by Gasteiger charge is 2.53. The third-order valence-corrected chi connectivity index (χ3v) is 6.56. The van der Waals surface area contributed by atoms with Crippen LogP contribution in [0, 0.1) is 0 Å². The van der Waals surface area contributed by atoms with Crippen molar-refractivity contribution in [2.75, 3.05) is 6.61 Å². The summed E-state index contributed by atoms with van der Waals surface area (Å²) in [6.45, 7) is 3.97. The van der Waals surface area contributed by atoms with E-state index in [2.05, 4.69) is 31.9 Å². The summed E-state index contributed by atoms with van der Waals surface area (Å²) in [5.74, 6) is -2.84. The largest absolute Gasteiger partial charge is 0.506 e. The Labute approximate surface area is 221 Å². The number of carbonyl (C=O) groups excluding carboxylic acids is 4. The van der Waals surface area contributed by atoms with Gasteiger partial charge in [0.05, 0.1) is 32.7 Å². The molecular formula is C22H23Br2NO11. The number of phenolic OH excluding ortho intramolecular Hbond substituents is 1. The lowest BCUT2D eigenvalue weighted by atomic mass is 9.98. The number of aromatic hydroxyl groups is 1. The fourth-order valence-corrected chi connectivity index (χ4v) is 5.14. The number of fused-ring (bicyclic) bond motifs is 1. The average Bonchev–Trinajstić information content (AvgIpc) is 3.13. The fraction of sp³-hybridized carbons (Fsp3) is 0.455. The van der Waals surface area contributed by atoms with Crippen LogP contribution in [0.15, 0.2) is 21.2 Å². The minimum absolute atomic E-state index is 0.0289. The molecule has 2 heterocycles. The molecule has 1 aromatic carbocycles. The van der Waals surface area contributed by atoms with Gasteiger partial charge in [-0.2, -0.15) is 0 Å². The molecule has 0 spiro atoms. The van der Waals surface area contributed by atoms with Gasteiger partial charge >= 0.3 is 17.9 Å². The van der Waals surface area contributed by atoms with E-state index in [1.54, 1.807) is 0 Å². The molecule has 0 unspecified atom stereocenters. The van der Waals surface area contributed by atoms with Gasteiger partial charge in [-0.1, -0.05) is 0 Å². The molecule has 3 rings (SSSR count). The molecule has 12 nitrogen and oxygen atoms in total. The second-order valence-electron chi connectivity index (χ2n) is 7.86. The van der Waals surface area contributed by atoms with Crippen LogP contribution in [0.3, 0.4) is 0 Å². The quantitative estimate of drug-likeness (QED) is 0.354. The number of ether oxygens (including phenoxy) is 5. The Balaban J connectivity index is 2.14. The molecular weight excluding hydrogens is 614 g/mol. The van der Waals surface area contributed by atoms with Gasteiger partial charge in [0, 0.05) is 27.7 Å². The smallest absolute Gasteiger partial charge is 0.303 e.